The number of nitrogens with one attached hydrogen (secondary N) is 1. The van der Waals surface area contributed by atoms with E-state index in [1.807, 2.05) is 11.4 Å². The van der Waals surface area contributed by atoms with Gasteiger partial charge in [0.15, 0.2) is 0 Å². The molecule has 2 heterocycles. The highest BCUT2D eigenvalue weighted by molar-refractivity contribution is 7.88. The van der Waals surface area contributed by atoms with E-state index in [-0.39, 0.29) is 11.9 Å². The van der Waals surface area contributed by atoms with Crippen LogP contribution in [0.4, 0.5) is 0 Å². The van der Waals surface area contributed by atoms with E-state index in [9.17, 15) is 13.2 Å². The summed E-state index contributed by atoms with van der Waals surface area (Å²) in [7, 11) is -3.10. The second-order valence-corrected chi connectivity index (χ2v) is 7.32. The Balaban J connectivity index is 1.86. The highest BCUT2D eigenvalue weighted by Crippen LogP contribution is 2.15. The van der Waals surface area contributed by atoms with E-state index >= 15 is 0 Å². The molecule has 2 rings (SSSR count). The molecule has 1 saturated heterocycles. The minimum Gasteiger partial charge on any atom is -0.349 e. The van der Waals surface area contributed by atoms with Crippen molar-refractivity contribution < 1.29 is 13.2 Å². The zero-order valence-corrected chi connectivity index (χ0v) is 11.8. The van der Waals surface area contributed by atoms with Crippen molar-refractivity contribution in [3.05, 3.63) is 22.4 Å². The molecular formula is C11H16N2O3S2. The van der Waals surface area contributed by atoms with Gasteiger partial charge in [-0.15, -0.1) is 11.3 Å². The summed E-state index contributed by atoms with van der Waals surface area (Å²) in [5.41, 5.74) is 0. The van der Waals surface area contributed by atoms with E-state index in [2.05, 4.69) is 5.32 Å². The first kappa shape index (κ1) is 13.5. The lowest BCUT2D eigenvalue weighted by Gasteiger charge is -2.30. The van der Waals surface area contributed by atoms with Crippen molar-refractivity contribution in [2.45, 2.75) is 18.9 Å². The average molecular weight is 288 g/mol. The number of hydrogen-bond acceptors (Lipinski definition) is 4. The Hall–Kier alpha value is -0.920. The van der Waals surface area contributed by atoms with Crippen molar-refractivity contribution in [3.63, 3.8) is 0 Å². The van der Waals surface area contributed by atoms with Gasteiger partial charge in [0, 0.05) is 19.1 Å². The SMILES string of the molecule is CS(=O)(=O)N1CCC(NC(=O)c2cccs2)CC1. The molecule has 7 heteroatoms. The van der Waals surface area contributed by atoms with Crippen molar-refractivity contribution >= 4 is 27.3 Å². The Kier molecular flexibility index (Phi) is 4.04. The average Bonchev–Trinajstić information content (AvgIpc) is 2.82. The number of hydrogen-bond donors (Lipinski definition) is 1. The van der Waals surface area contributed by atoms with E-state index in [0.717, 1.165) is 0 Å². The number of piperidine rings is 1. The summed E-state index contributed by atoms with van der Waals surface area (Å²) >= 11 is 1.41. The molecule has 1 aliphatic rings. The normalized spacial score (nSPS) is 18.7. The smallest absolute Gasteiger partial charge is 0.261 e. The molecule has 1 aromatic rings. The quantitative estimate of drug-likeness (QED) is 0.898. The summed E-state index contributed by atoms with van der Waals surface area (Å²) < 4.78 is 24.1. The maximum absolute atomic E-state index is 11.8. The molecular weight excluding hydrogens is 272 g/mol. The van der Waals surface area contributed by atoms with Crippen LogP contribution in [0.1, 0.15) is 22.5 Å². The molecule has 1 aromatic heterocycles. The molecule has 1 fully saturated rings. The zero-order valence-electron chi connectivity index (χ0n) is 10.1. The van der Waals surface area contributed by atoms with Gasteiger partial charge < -0.3 is 5.32 Å². The minimum atomic E-state index is -3.10. The summed E-state index contributed by atoms with van der Waals surface area (Å²) in [5, 5.41) is 4.81. The van der Waals surface area contributed by atoms with E-state index in [0.29, 0.717) is 30.8 Å². The van der Waals surface area contributed by atoms with Crippen LogP contribution in [0.5, 0.6) is 0 Å². The van der Waals surface area contributed by atoms with Crippen LogP contribution in [0.15, 0.2) is 17.5 Å². The van der Waals surface area contributed by atoms with E-state index in [4.69, 9.17) is 0 Å². The Labute approximate surface area is 111 Å². The van der Waals surface area contributed by atoms with Crippen LogP contribution in [0, 0.1) is 0 Å². The predicted octanol–water partition coefficient (Wildman–Crippen LogP) is 0.902. The first-order valence-corrected chi connectivity index (χ1v) is 8.49. The number of amides is 1. The van der Waals surface area contributed by atoms with Crippen LogP contribution < -0.4 is 5.32 Å². The number of nitrogens with zero attached hydrogens (tertiary/aromatic N) is 1. The Morgan fingerprint density at radius 2 is 2.11 bits per heavy atom. The Morgan fingerprint density at radius 1 is 1.44 bits per heavy atom. The summed E-state index contributed by atoms with van der Waals surface area (Å²) in [6, 6.07) is 3.69. The van der Waals surface area contributed by atoms with Crippen LogP contribution in [0.3, 0.4) is 0 Å². The van der Waals surface area contributed by atoms with Gasteiger partial charge in [0.1, 0.15) is 0 Å². The fourth-order valence-electron chi connectivity index (χ4n) is 2.00. The van der Waals surface area contributed by atoms with Gasteiger partial charge in [0.2, 0.25) is 10.0 Å². The molecule has 100 valence electrons. The molecule has 18 heavy (non-hydrogen) atoms. The van der Waals surface area contributed by atoms with Gasteiger partial charge >= 0.3 is 0 Å². The van der Waals surface area contributed by atoms with E-state index in [1.54, 1.807) is 6.07 Å². The first-order valence-electron chi connectivity index (χ1n) is 5.76. The van der Waals surface area contributed by atoms with E-state index < -0.39 is 10.0 Å². The Morgan fingerprint density at radius 3 is 2.61 bits per heavy atom. The second kappa shape index (κ2) is 5.38. The number of sulfonamides is 1. The van der Waals surface area contributed by atoms with Crippen molar-refractivity contribution in [2.24, 2.45) is 0 Å². The van der Waals surface area contributed by atoms with Crippen LogP contribution >= 0.6 is 11.3 Å². The lowest BCUT2D eigenvalue weighted by molar-refractivity contribution is 0.0928. The Bertz CT molecular complexity index is 502. The molecule has 0 aliphatic carbocycles. The number of thiophene rings is 1. The van der Waals surface area contributed by atoms with E-state index in [1.165, 1.54) is 21.9 Å². The third kappa shape index (κ3) is 3.30. The molecule has 1 aliphatic heterocycles. The van der Waals surface area contributed by atoms with Crippen molar-refractivity contribution in [3.8, 4) is 0 Å². The van der Waals surface area contributed by atoms with Crippen molar-refractivity contribution in [1.29, 1.82) is 0 Å². The largest absolute Gasteiger partial charge is 0.349 e. The lowest BCUT2D eigenvalue weighted by atomic mass is 10.1. The molecule has 0 aromatic carbocycles. The maximum atomic E-state index is 11.8. The summed E-state index contributed by atoms with van der Waals surface area (Å²) in [6.45, 7) is 0.961. The molecule has 0 spiro atoms. The molecule has 5 nitrogen and oxygen atoms in total. The highest BCUT2D eigenvalue weighted by atomic mass is 32.2. The third-order valence-electron chi connectivity index (χ3n) is 3.00. The summed E-state index contributed by atoms with van der Waals surface area (Å²) in [6.07, 6.45) is 2.56. The summed E-state index contributed by atoms with van der Waals surface area (Å²) in [5.74, 6) is -0.0668. The fraction of sp³-hybridized carbons (Fsp3) is 0.545. The van der Waals surface area contributed by atoms with Crippen molar-refractivity contribution in [1.82, 2.24) is 9.62 Å². The van der Waals surface area contributed by atoms with Crippen LogP contribution in [-0.4, -0.2) is 44.0 Å². The van der Waals surface area contributed by atoms with Gasteiger partial charge in [0.05, 0.1) is 11.1 Å². The predicted molar refractivity (Wildman–Crippen MR) is 71.2 cm³/mol. The molecule has 1 amide bonds. The highest BCUT2D eigenvalue weighted by Gasteiger charge is 2.25. The van der Waals surface area contributed by atoms with Gasteiger partial charge in [-0.05, 0) is 24.3 Å². The lowest BCUT2D eigenvalue weighted by Crippen LogP contribution is -2.46. The molecule has 0 saturated carbocycles. The van der Waals surface area contributed by atoms with Gasteiger partial charge in [-0.3, -0.25) is 4.79 Å². The second-order valence-electron chi connectivity index (χ2n) is 4.39. The van der Waals surface area contributed by atoms with Gasteiger partial charge in [0.25, 0.3) is 5.91 Å². The first-order chi connectivity index (χ1) is 8.47. The molecule has 0 bridgehead atoms. The van der Waals surface area contributed by atoms with Gasteiger partial charge in [-0.25, -0.2) is 12.7 Å². The molecule has 0 atom stereocenters. The molecule has 0 radical (unpaired) electrons. The van der Waals surface area contributed by atoms with Crippen LogP contribution in [0.2, 0.25) is 0 Å². The fourth-order valence-corrected chi connectivity index (χ4v) is 3.50. The minimum absolute atomic E-state index is 0.0668. The van der Waals surface area contributed by atoms with Crippen LogP contribution in [-0.2, 0) is 10.0 Å². The molecule has 1 N–H and O–H groups in total. The van der Waals surface area contributed by atoms with Gasteiger partial charge in [-0.2, -0.15) is 0 Å². The monoisotopic (exact) mass is 288 g/mol. The topological polar surface area (TPSA) is 66.5 Å². The third-order valence-corrected chi connectivity index (χ3v) is 5.17. The summed E-state index contributed by atoms with van der Waals surface area (Å²) in [4.78, 5) is 12.5. The number of rotatable bonds is 3. The standard InChI is InChI=1S/C11H16N2O3S2/c1-18(15,16)13-6-4-9(5-7-13)12-11(14)10-3-2-8-17-10/h2-3,8-9H,4-7H2,1H3,(H,12,14). The zero-order chi connectivity index (χ0) is 13.2. The molecule has 0 unspecified atom stereocenters. The number of carbonyl (C=O) groups excluding carboxylic acids is 1. The maximum Gasteiger partial charge on any atom is 0.261 e. The number of carbonyl (C=O) groups is 1. The van der Waals surface area contributed by atoms with Crippen LogP contribution in [0.25, 0.3) is 0 Å². The van der Waals surface area contributed by atoms with Gasteiger partial charge in [-0.1, -0.05) is 6.07 Å². The van der Waals surface area contributed by atoms with Crippen molar-refractivity contribution in [2.75, 3.05) is 19.3 Å².